The van der Waals surface area contributed by atoms with Gasteiger partial charge in [-0.05, 0) is 24.6 Å². The van der Waals surface area contributed by atoms with Crippen LogP contribution in [0.25, 0.3) is 0 Å². The Balaban J connectivity index is 1.80. The smallest absolute Gasteiger partial charge is 0.341 e. The van der Waals surface area contributed by atoms with Gasteiger partial charge in [-0.15, -0.1) is 11.3 Å². The predicted octanol–water partition coefficient (Wildman–Crippen LogP) is 1.94. The molecule has 12 nitrogen and oxygen atoms in total. The number of anilines is 1. The average Bonchev–Trinajstić information content (AvgIpc) is 3.41. The fourth-order valence-electron chi connectivity index (χ4n) is 2.63. The lowest BCUT2D eigenvalue weighted by atomic mass is 10.1. The van der Waals surface area contributed by atoms with Gasteiger partial charge in [0.15, 0.2) is 5.76 Å². The second-order valence-corrected chi connectivity index (χ2v) is 7.01. The van der Waals surface area contributed by atoms with Gasteiger partial charge < -0.3 is 20.2 Å². The molecule has 0 unspecified atom stereocenters. The second kappa shape index (κ2) is 8.16. The molecule has 0 fully saturated rings. The Labute approximate surface area is 172 Å². The number of furan rings is 1. The molecule has 156 valence electrons. The van der Waals surface area contributed by atoms with Crippen LogP contribution in [0, 0.1) is 17.0 Å². The normalized spacial score (nSPS) is 10.6. The van der Waals surface area contributed by atoms with Crippen molar-refractivity contribution in [2.45, 2.75) is 13.5 Å². The number of nitrogens with one attached hydrogen (secondary N) is 1. The van der Waals surface area contributed by atoms with Crippen molar-refractivity contribution in [3.63, 3.8) is 0 Å². The molecule has 2 amide bonds. The zero-order valence-corrected chi connectivity index (χ0v) is 16.5. The van der Waals surface area contributed by atoms with Crippen LogP contribution in [0.3, 0.4) is 0 Å². The first-order chi connectivity index (χ1) is 14.2. The minimum absolute atomic E-state index is 0.0280. The molecule has 0 bridgehead atoms. The van der Waals surface area contributed by atoms with Gasteiger partial charge in [-0.25, -0.2) is 4.79 Å². The van der Waals surface area contributed by atoms with Gasteiger partial charge in [-0.3, -0.25) is 24.4 Å². The quantitative estimate of drug-likeness (QED) is 0.323. The fraction of sp³-hybridized carbons (Fsp3) is 0.176. The Hall–Kier alpha value is -4.00. The highest BCUT2D eigenvalue weighted by Crippen LogP contribution is 2.33. The van der Waals surface area contributed by atoms with Crippen molar-refractivity contribution in [2.24, 2.45) is 5.73 Å². The van der Waals surface area contributed by atoms with Crippen LogP contribution < -0.4 is 11.1 Å². The molecule has 0 aliphatic heterocycles. The highest BCUT2D eigenvalue weighted by atomic mass is 32.1. The molecule has 3 aromatic heterocycles. The molecule has 3 aromatic rings. The molecule has 3 N–H and O–H groups in total. The van der Waals surface area contributed by atoms with Crippen LogP contribution in [-0.4, -0.2) is 39.6 Å². The number of primary amides is 1. The third kappa shape index (κ3) is 4.05. The summed E-state index contributed by atoms with van der Waals surface area (Å²) in [6, 6.07) is 2.91. The number of thiophene rings is 1. The van der Waals surface area contributed by atoms with Crippen molar-refractivity contribution >= 4 is 39.8 Å². The van der Waals surface area contributed by atoms with Gasteiger partial charge in [0, 0.05) is 0 Å². The number of nitrogens with two attached hydrogens (primary N) is 1. The standard InChI is InChI=1S/C17H15N5O7S/c1-8-12(17(25)28-2)16(30-13(8)14(18)23)20-15(24)11-4-3-10(29-11)7-21-6-9(5-19-21)22(26)27/h3-6H,7H2,1-2H3,(H2,18,23)(H,20,24). The summed E-state index contributed by atoms with van der Waals surface area (Å²) in [5, 5.41) is 17.2. The molecule has 0 spiro atoms. The van der Waals surface area contributed by atoms with Gasteiger partial charge in [-0.1, -0.05) is 0 Å². The molecule has 30 heavy (non-hydrogen) atoms. The Morgan fingerprint density at radius 3 is 2.73 bits per heavy atom. The molecule has 0 aliphatic carbocycles. The zero-order chi connectivity index (χ0) is 22.0. The first-order valence-corrected chi connectivity index (χ1v) is 9.11. The van der Waals surface area contributed by atoms with E-state index in [0.717, 1.165) is 17.5 Å². The summed E-state index contributed by atoms with van der Waals surface area (Å²) < 4.78 is 11.5. The summed E-state index contributed by atoms with van der Waals surface area (Å²) in [6.07, 6.45) is 2.32. The Bertz CT molecular complexity index is 1160. The second-order valence-electron chi connectivity index (χ2n) is 5.99. The van der Waals surface area contributed by atoms with Crippen LogP contribution in [-0.2, 0) is 11.3 Å². The fourth-order valence-corrected chi connectivity index (χ4v) is 3.67. The van der Waals surface area contributed by atoms with Gasteiger partial charge in [0.05, 0.1) is 29.0 Å². The van der Waals surface area contributed by atoms with Crippen molar-refractivity contribution in [3.05, 3.63) is 62.2 Å². The maximum absolute atomic E-state index is 12.5. The van der Waals surface area contributed by atoms with Crippen LogP contribution in [0.1, 0.15) is 41.9 Å². The lowest BCUT2D eigenvalue weighted by Crippen LogP contribution is -2.14. The van der Waals surface area contributed by atoms with Crippen molar-refractivity contribution in [3.8, 4) is 0 Å². The zero-order valence-electron chi connectivity index (χ0n) is 15.7. The number of hydrogen-bond acceptors (Lipinski definition) is 9. The maximum atomic E-state index is 12.5. The van der Waals surface area contributed by atoms with Crippen molar-refractivity contribution in [1.29, 1.82) is 0 Å². The topological polar surface area (TPSA) is 173 Å². The van der Waals surface area contributed by atoms with Gasteiger partial charge >= 0.3 is 11.7 Å². The number of nitrogens with zero attached hydrogens (tertiary/aromatic N) is 3. The predicted molar refractivity (Wildman–Crippen MR) is 104 cm³/mol. The minimum Gasteiger partial charge on any atom is -0.465 e. The highest BCUT2D eigenvalue weighted by molar-refractivity contribution is 7.18. The van der Waals surface area contributed by atoms with Crippen molar-refractivity contribution < 1.29 is 28.5 Å². The number of ether oxygens (including phenoxy) is 1. The lowest BCUT2D eigenvalue weighted by molar-refractivity contribution is -0.385. The summed E-state index contributed by atoms with van der Waals surface area (Å²) in [4.78, 5) is 46.4. The SMILES string of the molecule is COC(=O)c1c(NC(=O)c2ccc(Cn3cc([N+](=O)[O-])cn3)o2)sc(C(N)=O)c1C. The largest absolute Gasteiger partial charge is 0.465 e. The summed E-state index contributed by atoms with van der Waals surface area (Å²) in [5.41, 5.74) is 5.47. The van der Waals surface area contributed by atoms with Crippen molar-refractivity contribution in [2.75, 3.05) is 12.4 Å². The van der Waals surface area contributed by atoms with E-state index in [1.165, 1.54) is 37.0 Å². The third-order valence-corrected chi connectivity index (χ3v) is 5.24. The number of methoxy groups -OCH3 is 1. The number of carbonyl (C=O) groups is 3. The van der Waals surface area contributed by atoms with Crippen LogP contribution in [0.15, 0.2) is 28.9 Å². The number of carbonyl (C=O) groups excluding carboxylic acids is 3. The van der Waals surface area contributed by atoms with E-state index in [1.807, 2.05) is 0 Å². The summed E-state index contributed by atoms with van der Waals surface area (Å²) in [6.45, 7) is 1.59. The molecule has 0 atom stereocenters. The summed E-state index contributed by atoms with van der Waals surface area (Å²) in [5.74, 6) is -1.89. The monoisotopic (exact) mass is 433 g/mol. The Morgan fingerprint density at radius 2 is 2.13 bits per heavy atom. The summed E-state index contributed by atoms with van der Waals surface area (Å²) >= 11 is 0.849. The van der Waals surface area contributed by atoms with E-state index in [-0.39, 0.29) is 33.4 Å². The van der Waals surface area contributed by atoms with E-state index >= 15 is 0 Å². The van der Waals surface area contributed by atoms with E-state index in [1.54, 1.807) is 0 Å². The van der Waals surface area contributed by atoms with Crippen LogP contribution >= 0.6 is 11.3 Å². The van der Waals surface area contributed by atoms with Gasteiger partial charge in [0.2, 0.25) is 0 Å². The average molecular weight is 433 g/mol. The van der Waals surface area contributed by atoms with Gasteiger partial charge in [0.25, 0.3) is 11.8 Å². The van der Waals surface area contributed by atoms with E-state index in [9.17, 15) is 24.5 Å². The van der Waals surface area contributed by atoms with Gasteiger partial charge in [-0.2, -0.15) is 5.10 Å². The molecular formula is C17H15N5O7S. The van der Waals surface area contributed by atoms with E-state index in [4.69, 9.17) is 14.9 Å². The summed E-state index contributed by atoms with van der Waals surface area (Å²) in [7, 11) is 1.17. The Kier molecular flexibility index (Phi) is 5.64. The van der Waals surface area contributed by atoms with Crippen LogP contribution in [0.2, 0.25) is 0 Å². The van der Waals surface area contributed by atoms with E-state index in [2.05, 4.69) is 10.4 Å². The molecular weight excluding hydrogens is 418 g/mol. The molecule has 0 aromatic carbocycles. The first kappa shape index (κ1) is 20.7. The molecule has 13 heteroatoms. The molecule has 0 saturated carbocycles. The number of amides is 2. The molecule has 0 saturated heterocycles. The lowest BCUT2D eigenvalue weighted by Gasteiger charge is -2.04. The number of esters is 1. The number of hydrogen-bond donors (Lipinski definition) is 2. The number of nitro groups is 1. The van der Waals surface area contributed by atoms with Gasteiger partial charge in [0.1, 0.15) is 23.2 Å². The van der Waals surface area contributed by atoms with E-state index < -0.39 is 22.7 Å². The maximum Gasteiger partial charge on any atom is 0.341 e. The van der Waals surface area contributed by atoms with Crippen LogP contribution in [0.5, 0.6) is 0 Å². The molecule has 0 aliphatic rings. The minimum atomic E-state index is -0.739. The molecule has 3 heterocycles. The first-order valence-electron chi connectivity index (χ1n) is 8.29. The van der Waals surface area contributed by atoms with Crippen LogP contribution in [0.4, 0.5) is 10.7 Å². The highest BCUT2D eigenvalue weighted by Gasteiger charge is 2.26. The van der Waals surface area contributed by atoms with Crippen molar-refractivity contribution in [1.82, 2.24) is 9.78 Å². The number of rotatable bonds is 7. The number of aromatic nitrogens is 2. The third-order valence-electron chi connectivity index (χ3n) is 4.02. The Morgan fingerprint density at radius 1 is 1.40 bits per heavy atom. The molecule has 3 rings (SSSR count). The molecule has 0 radical (unpaired) electrons. The van der Waals surface area contributed by atoms with E-state index in [0.29, 0.717) is 11.3 Å².